The zero-order chi connectivity index (χ0) is 18.0. The number of anilines is 1. The van der Waals surface area contributed by atoms with Gasteiger partial charge in [-0.1, -0.05) is 11.3 Å². The van der Waals surface area contributed by atoms with E-state index in [0.29, 0.717) is 16.4 Å². The van der Waals surface area contributed by atoms with Crippen molar-refractivity contribution < 1.29 is 19.2 Å². The number of rotatable bonds is 5. The number of carbonyl (C=O) groups is 1. The quantitative estimate of drug-likeness (QED) is 0.552. The topological polar surface area (TPSA) is 104 Å². The molecule has 0 radical (unpaired) electrons. The van der Waals surface area contributed by atoms with E-state index >= 15 is 0 Å². The fourth-order valence-corrected chi connectivity index (χ4v) is 3.07. The first-order chi connectivity index (χ1) is 12.0. The maximum Gasteiger partial charge on any atom is 0.311 e. The van der Waals surface area contributed by atoms with Crippen molar-refractivity contribution in [3.8, 4) is 11.5 Å². The number of nitro groups is 1. The third kappa shape index (κ3) is 3.36. The number of methoxy groups -OCH3 is 2. The number of fused-ring (bicyclic) bond motifs is 1. The highest BCUT2D eigenvalue weighted by atomic mass is 32.1. The number of hydrogen-bond acceptors (Lipinski definition) is 7. The lowest BCUT2D eigenvalue weighted by molar-refractivity contribution is -0.385. The fraction of sp³-hybridized carbons (Fsp3) is 0.125. The van der Waals surface area contributed by atoms with E-state index in [2.05, 4.69) is 10.3 Å². The normalized spacial score (nSPS) is 10.5. The first-order valence-corrected chi connectivity index (χ1v) is 7.92. The van der Waals surface area contributed by atoms with Gasteiger partial charge >= 0.3 is 5.69 Å². The minimum absolute atomic E-state index is 0.0913. The summed E-state index contributed by atoms with van der Waals surface area (Å²) in [7, 11) is 2.89. The van der Waals surface area contributed by atoms with Crippen LogP contribution in [0.5, 0.6) is 11.5 Å². The molecule has 0 aliphatic carbocycles. The van der Waals surface area contributed by atoms with Crippen LogP contribution in [0.1, 0.15) is 10.4 Å². The molecular formula is C16H13N3O5S. The van der Waals surface area contributed by atoms with Gasteiger partial charge in [0.25, 0.3) is 5.91 Å². The van der Waals surface area contributed by atoms with Gasteiger partial charge in [-0.2, -0.15) is 0 Å². The van der Waals surface area contributed by atoms with Crippen molar-refractivity contribution in [2.24, 2.45) is 0 Å². The Balaban J connectivity index is 1.87. The number of hydrogen-bond donors (Lipinski definition) is 1. The molecule has 1 aromatic heterocycles. The molecule has 1 N–H and O–H groups in total. The Morgan fingerprint density at radius 2 is 2.00 bits per heavy atom. The van der Waals surface area contributed by atoms with Gasteiger partial charge in [-0.15, -0.1) is 0 Å². The van der Waals surface area contributed by atoms with Gasteiger partial charge in [-0.25, -0.2) is 4.98 Å². The maximum atomic E-state index is 12.4. The third-order valence-electron chi connectivity index (χ3n) is 3.45. The van der Waals surface area contributed by atoms with Crippen molar-refractivity contribution in [3.63, 3.8) is 0 Å². The van der Waals surface area contributed by atoms with Gasteiger partial charge in [-0.3, -0.25) is 20.2 Å². The summed E-state index contributed by atoms with van der Waals surface area (Å²) in [5.41, 5.74) is 0.564. The predicted octanol–water partition coefficient (Wildman–Crippen LogP) is 3.47. The van der Waals surface area contributed by atoms with Gasteiger partial charge in [0.15, 0.2) is 10.9 Å². The Kier molecular flexibility index (Phi) is 4.48. The van der Waals surface area contributed by atoms with Gasteiger partial charge in [0, 0.05) is 17.7 Å². The third-order valence-corrected chi connectivity index (χ3v) is 4.40. The Morgan fingerprint density at radius 1 is 1.20 bits per heavy atom. The van der Waals surface area contributed by atoms with Crippen LogP contribution in [0.2, 0.25) is 0 Å². The molecule has 0 bridgehead atoms. The van der Waals surface area contributed by atoms with Crippen LogP contribution in [0, 0.1) is 10.1 Å². The molecule has 128 valence electrons. The maximum absolute atomic E-state index is 12.4. The van der Waals surface area contributed by atoms with E-state index in [-0.39, 0.29) is 17.0 Å². The highest BCUT2D eigenvalue weighted by Gasteiger charge is 2.19. The molecule has 0 atom stereocenters. The zero-order valence-corrected chi connectivity index (χ0v) is 14.1. The molecule has 0 spiro atoms. The molecule has 3 rings (SSSR count). The van der Waals surface area contributed by atoms with Crippen molar-refractivity contribution in [1.29, 1.82) is 0 Å². The SMILES string of the molecule is COc1ccc2sc(NC(=O)c3ccc(OC)c([N+](=O)[O-])c3)nc2c1. The van der Waals surface area contributed by atoms with Crippen LogP contribution in [-0.4, -0.2) is 30.0 Å². The highest BCUT2D eigenvalue weighted by molar-refractivity contribution is 7.22. The van der Waals surface area contributed by atoms with Crippen LogP contribution in [0.3, 0.4) is 0 Å². The molecule has 25 heavy (non-hydrogen) atoms. The molecule has 0 aliphatic heterocycles. The molecule has 2 aromatic carbocycles. The lowest BCUT2D eigenvalue weighted by Gasteiger charge is -2.04. The lowest BCUT2D eigenvalue weighted by Crippen LogP contribution is -2.12. The number of nitro benzene ring substituents is 1. The first kappa shape index (κ1) is 16.7. The zero-order valence-electron chi connectivity index (χ0n) is 13.3. The van der Waals surface area contributed by atoms with Gasteiger partial charge in [0.05, 0.1) is 29.4 Å². The van der Waals surface area contributed by atoms with E-state index in [0.717, 1.165) is 4.70 Å². The molecule has 1 amide bonds. The summed E-state index contributed by atoms with van der Waals surface area (Å²) < 4.78 is 11.0. The van der Waals surface area contributed by atoms with E-state index in [1.807, 2.05) is 6.07 Å². The van der Waals surface area contributed by atoms with Crippen LogP contribution in [0.15, 0.2) is 36.4 Å². The van der Waals surface area contributed by atoms with Crippen molar-refractivity contribution in [1.82, 2.24) is 4.98 Å². The number of ether oxygens (including phenoxy) is 2. The summed E-state index contributed by atoms with van der Waals surface area (Å²) in [5, 5.41) is 14.1. The summed E-state index contributed by atoms with van der Waals surface area (Å²) in [4.78, 5) is 27.1. The van der Waals surface area contributed by atoms with Crippen molar-refractivity contribution >= 4 is 38.3 Å². The molecule has 3 aromatic rings. The van der Waals surface area contributed by atoms with E-state index in [1.54, 1.807) is 19.2 Å². The molecule has 0 saturated carbocycles. The number of aromatic nitrogens is 1. The molecule has 0 fully saturated rings. The lowest BCUT2D eigenvalue weighted by atomic mass is 10.2. The van der Waals surface area contributed by atoms with E-state index in [9.17, 15) is 14.9 Å². The fourth-order valence-electron chi connectivity index (χ4n) is 2.23. The molecule has 9 heteroatoms. The molecule has 0 saturated heterocycles. The summed E-state index contributed by atoms with van der Waals surface area (Å²) >= 11 is 1.30. The second-order valence-corrected chi connectivity index (χ2v) is 5.98. The van der Waals surface area contributed by atoms with Crippen molar-refractivity contribution in [2.45, 2.75) is 0 Å². The van der Waals surface area contributed by atoms with Crippen molar-refractivity contribution in [2.75, 3.05) is 19.5 Å². The van der Waals surface area contributed by atoms with Gasteiger partial charge in [0.1, 0.15) is 5.75 Å². The Labute approximate surface area is 146 Å². The minimum Gasteiger partial charge on any atom is -0.497 e. The number of thiazole rings is 1. The van der Waals surface area contributed by atoms with E-state index in [1.165, 1.54) is 36.6 Å². The van der Waals surface area contributed by atoms with Gasteiger partial charge in [0.2, 0.25) is 0 Å². The highest BCUT2D eigenvalue weighted by Crippen LogP contribution is 2.30. The monoisotopic (exact) mass is 359 g/mol. The number of carbonyl (C=O) groups excluding carboxylic acids is 1. The molecule has 8 nitrogen and oxygen atoms in total. The average molecular weight is 359 g/mol. The minimum atomic E-state index is -0.598. The number of benzene rings is 2. The second kappa shape index (κ2) is 6.73. The number of nitrogens with one attached hydrogen (secondary N) is 1. The average Bonchev–Trinajstić information content (AvgIpc) is 3.02. The predicted molar refractivity (Wildman–Crippen MR) is 93.8 cm³/mol. The summed E-state index contributed by atoms with van der Waals surface area (Å²) in [6.45, 7) is 0. The molecule has 0 aliphatic rings. The second-order valence-electron chi connectivity index (χ2n) is 4.95. The summed E-state index contributed by atoms with van der Waals surface area (Å²) in [6.07, 6.45) is 0. The number of nitrogens with zero attached hydrogens (tertiary/aromatic N) is 2. The van der Waals surface area contributed by atoms with Crippen molar-refractivity contribution in [3.05, 3.63) is 52.1 Å². The Morgan fingerprint density at radius 3 is 2.68 bits per heavy atom. The van der Waals surface area contributed by atoms with E-state index in [4.69, 9.17) is 9.47 Å². The van der Waals surface area contributed by atoms with Crippen LogP contribution in [0.4, 0.5) is 10.8 Å². The van der Waals surface area contributed by atoms with E-state index < -0.39 is 10.8 Å². The molecular weight excluding hydrogens is 346 g/mol. The largest absolute Gasteiger partial charge is 0.497 e. The summed E-state index contributed by atoms with van der Waals surface area (Å²) in [5.74, 6) is 0.270. The van der Waals surface area contributed by atoms with Crippen LogP contribution in [-0.2, 0) is 0 Å². The van der Waals surface area contributed by atoms with Gasteiger partial charge in [-0.05, 0) is 24.3 Å². The Hall–Kier alpha value is -3.20. The standard InChI is InChI=1S/C16H13N3O5S/c1-23-10-4-6-14-11(8-10)17-16(25-14)18-15(20)9-3-5-13(24-2)12(7-9)19(21)22/h3-8H,1-2H3,(H,17,18,20). The van der Waals surface area contributed by atoms with Crippen LogP contribution in [0.25, 0.3) is 10.2 Å². The van der Waals surface area contributed by atoms with Crippen LogP contribution < -0.4 is 14.8 Å². The van der Waals surface area contributed by atoms with Crippen LogP contribution >= 0.6 is 11.3 Å². The molecule has 0 unspecified atom stereocenters. The smallest absolute Gasteiger partial charge is 0.311 e. The van der Waals surface area contributed by atoms with Gasteiger partial charge < -0.3 is 9.47 Å². The molecule has 1 heterocycles. The Bertz CT molecular complexity index is 970. The number of amides is 1. The first-order valence-electron chi connectivity index (χ1n) is 7.10. The summed E-state index contributed by atoms with van der Waals surface area (Å²) in [6, 6.07) is 9.43.